The summed E-state index contributed by atoms with van der Waals surface area (Å²) in [5, 5.41) is 0. The molecular weight excluding hydrogens is 302 g/mol. The van der Waals surface area contributed by atoms with E-state index >= 15 is 0 Å². The van der Waals surface area contributed by atoms with Gasteiger partial charge in [0.25, 0.3) is 0 Å². The quantitative estimate of drug-likeness (QED) is 0.592. The highest BCUT2D eigenvalue weighted by Gasteiger charge is 2.26. The van der Waals surface area contributed by atoms with Crippen LogP contribution in [0.3, 0.4) is 0 Å². The first-order valence-corrected chi connectivity index (χ1v) is 5.13. The number of rotatable bonds is 0. The molecule has 2 N–H and O–H groups in total. The molecule has 0 saturated carbocycles. The van der Waals surface area contributed by atoms with Crippen molar-refractivity contribution in [3.8, 4) is 0 Å². The van der Waals surface area contributed by atoms with E-state index in [2.05, 4.69) is 31.9 Å². The number of hydrogen-bond acceptors (Lipinski definition) is 3. The standard InChI is InChI=1S/C8H5Br2NO2/c9-4-1-3-2-13-8(12)5(3)6(10)7(4)11/h1H,2,11H2. The fourth-order valence-electron chi connectivity index (χ4n) is 1.23. The maximum atomic E-state index is 11.2. The SMILES string of the molecule is Nc1c(Br)cc2c(c1Br)C(=O)OC2. The van der Waals surface area contributed by atoms with E-state index in [1.807, 2.05) is 0 Å². The largest absolute Gasteiger partial charge is 0.457 e. The van der Waals surface area contributed by atoms with Crippen LogP contribution in [0, 0.1) is 0 Å². The zero-order valence-electron chi connectivity index (χ0n) is 6.43. The van der Waals surface area contributed by atoms with Crippen LogP contribution in [-0.2, 0) is 11.3 Å². The van der Waals surface area contributed by atoms with Gasteiger partial charge >= 0.3 is 5.97 Å². The van der Waals surface area contributed by atoms with Gasteiger partial charge in [0.15, 0.2) is 0 Å². The van der Waals surface area contributed by atoms with E-state index in [1.165, 1.54) is 0 Å². The summed E-state index contributed by atoms with van der Waals surface area (Å²) in [6.45, 7) is 0.325. The molecule has 5 heteroatoms. The third-order valence-corrected chi connectivity index (χ3v) is 3.38. The van der Waals surface area contributed by atoms with Crippen LogP contribution in [-0.4, -0.2) is 5.97 Å². The molecule has 1 aromatic carbocycles. The van der Waals surface area contributed by atoms with E-state index in [1.54, 1.807) is 6.07 Å². The zero-order valence-corrected chi connectivity index (χ0v) is 9.61. The molecule has 1 aliphatic heterocycles. The first-order chi connectivity index (χ1) is 6.11. The minimum absolute atomic E-state index is 0.318. The van der Waals surface area contributed by atoms with Crippen molar-refractivity contribution in [2.45, 2.75) is 6.61 Å². The number of anilines is 1. The molecule has 1 aliphatic rings. The van der Waals surface area contributed by atoms with Crippen molar-refractivity contribution in [1.82, 2.24) is 0 Å². The van der Waals surface area contributed by atoms with Crippen molar-refractivity contribution in [3.05, 3.63) is 26.1 Å². The van der Waals surface area contributed by atoms with Gasteiger partial charge in [0.2, 0.25) is 0 Å². The van der Waals surface area contributed by atoms with E-state index in [-0.39, 0.29) is 5.97 Å². The molecule has 0 aliphatic carbocycles. The minimum Gasteiger partial charge on any atom is -0.457 e. The fourth-order valence-corrected chi connectivity index (χ4v) is 2.60. The molecule has 1 heterocycles. The number of halogens is 2. The maximum absolute atomic E-state index is 11.2. The van der Waals surface area contributed by atoms with Gasteiger partial charge in [-0.25, -0.2) is 4.79 Å². The molecule has 0 saturated heterocycles. The Balaban J connectivity index is 2.75. The number of carbonyl (C=O) groups is 1. The Kier molecular flexibility index (Phi) is 2.08. The van der Waals surface area contributed by atoms with Gasteiger partial charge < -0.3 is 10.5 Å². The summed E-state index contributed by atoms with van der Waals surface area (Å²) in [7, 11) is 0. The van der Waals surface area contributed by atoms with Crippen LogP contribution in [0.25, 0.3) is 0 Å². The van der Waals surface area contributed by atoms with E-state index < -0.39 is 0 Å². The number of esters is 1. The summed E-state index contributed by atoms with van der Waals surface area (Å²) in [6, 6.07) is 1.81. The lowest BCUT2D eigenvalue weighted by Gasteiger charge is -2.04. The predicted molar refractivity (Wildman–Crippen MR) is 55.4 cm³/mol. The summed E-state index contributed by atoms with van der Waals surface area (Å²) >= 11 is 6.56. The Morgan fingerprint density at radius 2 is 2.15 bits per heavy atom. The van der Waals surface area contributed by atoms with Crippen LogP contribution in [0.2, 0.25) is 0 Å². The van der Waals surface area contributed by atoms with E-state index in [4.69, 9.17) is 10.5 Å². The number of cyclic esters (lactones) is 1. The minimum atomic E-state index is -0.318. The Morgan fingerprint density at radius 1 is 1.46 bits per heavy atom. The normalized spacial score (nSPS) is 14.2. The van der Waals surface area contributed by atoms with Crippen molar-refractivity contribution in [2.75, 3.05) is 5.73 Å². The average molecular weight is 307 g/mol. The van der Waals surface area contributed by atoms with Gasteiger partial charge in [-0.2, -0.15) is 0 Å². The Labute approximate surface area is 91.5 Å². The molecule has 2 rings (SSSR count). The summed E-state index contributed by atoms with van der Waals surface area (Å²) in [6.07, 6.45) is 0. The fraction of sp³-hybridized carbons (Fsp3) is 0.125. The smallest absolute Gasteiger partial charge is 0.340 e. The van der Waals surface area contributed by atoms with Crippen LogP contribution >= 0.6 is 31.9 Å². The van der Waals surface area contributed by atoms with E-state index in [9.17, 15) is 4.79 Å². The van der Waals surface area contributed by atoms with Crippen LogP contribution in [0.1, 0.15) is 15.9 Å². The van der Waals surface area contributed by atoms with Crippen molar-refractivity contribution >= 4 is 43.5 Å². The number of nitrogen functional groups attached to an aromatic ring is 1. The molecule has 68 valence electrons. The molecule has 3 nitrogen and oxygen atoms in total. The second kappa shape index (κ2) is 2.99. The highest BCUT2D eigenvalue weighted by atomic mass is 79.9. The molecule has 0 unspecified atom stereocenters. The Morgan fingerprint density at radius 3 is 2.85 bits per heavy atom. The van der Waals surface area contributed by atoms with Crippen LogP contribution < -0.4 is 5.73 Å². The Bertz CT molecular complexity index is 404. The molecule has 0 fully saturated rings. The molecule has 0 spiro atoms. The van der Waals surface area contributed by atoms with Gasteiger partial charge in [0.1, 0.15) is 6.61 Å². The number of fused-ring (bicyclic) bond motifs is 1. The number of benzene rings is 1. The van der Waals surface area contributed by atoms with Crippen molar-refractivity contribution in [1.29, 1.82) is 0 Å². The molecule has 0 bridgehead atoms. The maximum Gasteiger partial charge on any atom is 0.340 e. The summed E-state index contributed by atoms with van der Waals surface area (Å²) < 4.78 is 6.25. The van der Waals surface area contributed by atoms with Gasteiger partial charge in [0, 0.05) is 10.0 Å². The lowest BCUT2D eigenvalue weighted by molar-refractivity contribution is 0.0534. The van der Waals surface area contributed by atoms with Gasteiger partial charge in [-0.3, -0.25) is 0 Å². The summed E-state index contributed by atoms with van der Waals surface area (Å²) in [5.74, 6) is -0.318. The second-order valence-corrected chi connectivity index (χ2v) is 4.34. The molecular formula is C8H5Br2NO2. The van der Waals surface area contributed by atoms with Crippen LogP contribution in [0.5, 0.6) is 0 Å². The first-order valence-electron chi connectivity index (χ1n) is 3.54. The number of nitrogens with two attached hydrogens (primary N) is 1. The molecule has 0 radical (unpaired) electrons. The van der Waals surface area contributed by atoms with Gasteiger partial charge in [0.05, 0.1) is 15.7 Å². The van der Waals surface area contributed by atoms with Gasteiger partial charge in [-0.1, -0.05) is 0 Å². The third-order valence-electron chi connectivity index (χ3n) is 1.90. The second-order valence-electron chi connectivity index (χ2n) is 2.70. The van der Waals surface area contributed by atoms with Crippen LogP contribution in [0.4, 0.5) is 5.69 Å². The predicted octanol–water partition coefficient (Wildman–Crippen LogP) is 2.46. The number of carbonyl (C=O) groups excluding carboxylic acids is 1. The molecule has 0 amide bonds. The van der Waals surface area contributed by atoms with E-state index in [0.717, 1.165) is 10.0 Å². The first kappa shape index (κ1) is 9.02. The number of hydrogen-bond donors (Lipinski definition) is 1. The molecule has 13 heavy (non-hydrogen) atoms. The van der Waals surface area contributed by atoms with Gasteiger partial charge in [-0.05, 0) is 37.9 Å². The average Bonchev–Trinajstić information content (AvgIpc) is 2.43. The lowest BCUT2D eigenvalue weighted by atomic mass is 10.1. The van der Waals surface area contributed by atoms with Crippen molar-refractivity contribution < 1.29 is 9.53 Å². The lowest BCUT2D eigenvalue weighted by Crippen LogP contribution is -1.99. The van der Waals surface area contributed by atoms with Crippen molar-refractivity contribution in [3.63, 3.8) is 0 Å². The van der Waals surface area contributed by atoms with Crippen molar-refractivity contribution in [2.24, 2.45) is 0 Å². The highest BCUT2D eigenvalue weighted by Crippen LogP contribution is 2.37. The number of ether oxygens (including phenoxy) is 1. The summed E-state index contributed by atoms with van der Waals surface area (Å²) in [4.78, 5) is 11.2. The zero-order chi connectivity index (χ0) is 9.59. The topological polar surface area (TPSA) is 52.3 Å². The Hall–Kier alpha value is -0.550. The highest BCUT2D eigenvalue weighted by molar-refractivity contribution is 9.11. The molecule has 0 atom stereocenters. The molecule has 0 aromatic heterocycles. The monoisotopic (exact) mass is 305 g/mol. The third kappa shape index (κ3) is 1.26. The van der Waals surface area contributed by atoms with Gasteiger partial charge in [-0.15, -0.1) is 0 Å². The summed E-state index contributed by atoms with van der Waals surface area (Å²) in [5.41, 5.74) is 7.64. The molecule has 1 aromatic rings. The van der Waals surface area contributed by atoms with E-state index in [0.29, 0.717) is 22.3 Å². The van der Waals surface area contributed by atoms with Crippen LogP contribution in [0.15, 0.2) is 15.0 Å².